The Morgan fingerprint density at radius 1 is 1.64 bits per heavy atom. The lowest BCUT2D eigenvalue weighted by Crippen LogP contribution is -2.24. The minimum Gasteiger partial charge on any atom is -0.374 e. The van der Waals surface area contributed by atoms with Crippen molar-refractivity contribution in [3.63, 3.8) is 0 Å². The molecule has 0 saturated carbocycles. The van der Waals surface area contributed by atoms with Gasteiger partial charge in [0.1, 0.15) is 0 Å². The highest BCUT2D eigenvalue weighted by atomic mass is 14.9. The molecule has 3 nitrogen and oxygen atoms in total. The Morgan fingerprint density at radius 2 is 2.27 bits per heavy atom. The van der Waals surface area contributed by atoms with Gasteiger partial charge in [0.15, 0.2) is 0 Å². The third kappa shape index (κ3) is 7.33. The van der Waals surface area contributed by atoms with E-state index in [0.717, 1.165) is 25.8 Å². The first-order valence-electron chi connectivity index (χ1n) is 4.21. The van der Waals surface area contributed by atoms with E-state index in [-0.39, 0.29) is 0 Å². The Bertz CT molecular complexity index is 112. The van der Waals surface area contributed by atoms with Crippen molar-refractivity contribution in [2.45, 2.75) is 39.2 Å². The molecule has 3 heteroatoms. The second kappa shape index (κ2) is 6.16. The first-order valence-corrected chi connectivity index (χ1v) is 4.21. The van der Waals surface area contributed by atoms with Gasteiger partial charge in [-0.05, 0) is 26.2 Å². The molecule has 0 spiro atoms. The van der Waals surface area contributed by atoms with E-state index in [9.17, 15) is 0 Å². The van der Waals surface area contributed by atoms with Crippen molar-refractivity contribution in [3.05, 3.63) is 0 Å². The van der Waals surface area contributed by atoms with Crippen LogP contribution in [0.5, 0.6) is 0 Å². The van der Waals surface area contributed by atoms with E-state index < -0.39 is 0 Å². The maximum absolute atomic E-state index is 7.08. The average molecular weight is 157 g/mol. The second-order valence-electron chi connectivity index (χ2n) is 2.86. The summed E-state index contributed by atoms with van der Waals surface area (Å²) in [6.45, 7) is 4.72. The molecule has 0 bridgehead atoms. The molecule has 0 unspecified atom stereocenters. The lowest BCUT2D eigenvalue weighted by Gasteiger charge is -2.08. The predicted octanol–water partition coefficient (Wildman–Crippen LogP) is 1.09. The van der Waals surface area contributed by atoms with Gasteiger partial charge >= 0.3 is 0 Å². The molecule has 0 aliphatic rings. The van der Waals surface area contributed by atoms with Gasteiger partial charge in [0.25, 0.3) is 0 Å². The van der Waals surface area contributed by atoms with Crippen LogP contribution in [0.15, 0.2) is 0 Å². The molecule has 0 fully saturated rings. The van der Waals surface area contributed by atoms with Crippen molar-refractivity contribution in [1.82, 2.24) is 5.32 Å². The first kappa shape index (κ1) is 10.4. The molecule has 0 aliphatic carbocycles. The Hall–Kier alpha value is -0.570. The van der Waals surface area contributed by atoms with E-state index >= 15 is 0 Å². The summed E-state index contributed by atoms with van der Waals surface area (Å²) in [6.07, 6.45) is 3.16. The summed E-state index contributed by atoms with van der Waals surface area (Å²) in [5.41, 5.74) is 5.71. The largest absolute Gasteiger partial charge is 0.374 e. The molecular formula is C8H19N3. The Kier molecular flexibility index (Phi) is 5.84. The molecule has 0 aromatic carbocycles. The van der Waals surface area contributed by atoms with Gasteiger partial charge in [0.2, 0.25) is 0 Å². The van der Waals surface area contributed by atoms with Gasteiger partial charge < -0.3 is 11.1 Å². The van der Waals surface area contributed by atoms with Crippen LogP contribution >= 0.6 is 0 Å². The van der Waals surface area contributed by atoms with Gasteiger partial charge in [0, 0.05) is 12.6 Å². The van der Waals surface area contributed by atoms with Gasteiger partial charge in [-0.25, -0.2) is 0 Å². The summed E-state index contributed by atoms with van der Waals surface area (Å²) in [5.74, 6) is 0.537. The SMILES string of the molecule is CC[C@@H](N)CCCNC(C)=N. The highest BCUT2D eigenvalue weighted by molar-refractivity contribution is 5.75. The highest BCUT2D eigenvalue weighted by Crippen LogP contribution is 1.96. The van der Waals surface area contributed by atoms with E-state index in [0.29, 0.717) is 11.9 Å². The fourth-order valence-corrected chi connectivity index (χ4v) is 0.844. The quantitative estimate of drug-likeness (QED) is 0.318. The van der Waals surface area contributed by atoms with Crippen molar-refractivity contribution in [1.29, 1.82) is 5.41 Å². The molecular weight excluding hydrogens is 138 g/mol. The van der Waals surface area contributed by atoms with Crippen LogP contribution in [0.3, 0.4) is 0 Å². The van der Waals surface area contributed by atoms with Crippen molar-refractivity contribution in [3.8, 4) is 0 Å². The van der Waals surface area contributed by atoms with E-state index in [4.69, 9.17) is 11.1 Å². The summed E-state index contributed by atoms with van der Waals surface area (Å²) >= 11 is 0. The molecule has 66 valence electrons. The van der Waals surface area contributed by atoms with Gasteiger partial charge in [-0.2, -0.15) is 0 Å². The Labute approximate surface area is 68.9 Å². The zero-order chi connectivity index (χ0) is 8.69. The lowest BCUT2D eigenvalue weighted by molar-refractivity contribution is 0.563. The summed E-state index contributed by atoms with van der Waals surface area (Å²) in [4.78, 5) is 0. The predicted molar refractivity (Wildman–Crippen MR) is 48.9 cm³/mol. The first-order chi connectivity index (χ1) is 5.16. The van der Waals surface area contributed by atoms with Gasteiger partial charge in [-0.3, -0.25) is 5.41 Å². The molecule has 1 atom stereocenters. The van der Waals surface area contributed by atoms with Crippen LogP contribution in [-0.4, -0.2) is 18.4 Å². The van der Waals surface area contributed by atoms with E-state index in [2.05, 4.69) is 12.2 Å². The molecule has 0 rings (SSSR count). The fraction of sp³-hybridized carbons (Fsp3) is 0.875. The van der Waals surface area contributed by atoms with E-state index in [1.807, 2.05) is 0 Å². The Morgan fingerprint density at radius 3 is 2.73 bits per heavy atom. The average Bonchev–Trinajstić information content (AvgIpc) is 1.97. The molecule has 0 radical (unpaired) electrons. The normalized spacial score (nSPS) is 12.6. The molecule has 0 saturated heterocycles. The maximum atomic E-state index is 7.08. The van der Waals surface area contributed by atoms with Crippen LogP contribution in [0.2, 0.25) is 0 Å². The summed E-state index contributed by atoms with van der Waals surface area (Å²) < 4.78 is 0. The highest BCUT2D eigenvalue weighted by Gasteiger charge is 1.97. The molecule has 11 heavy (non-hydrogen) atoms. The third-order valence-corrected chi connectivity index (χ3v) is 1.67. The van der Waals surface area contributed by atoms with Crippen molar-refractivity contribution in [2.75, 3.05) is 6.54 Å². The number of hydrogen-bond donors (Lipinski definition) is 3. The van der Waals surface area contributed by atoms with Crippen molar-refractivity contribution >= 4 is 5.84 Å². The van der Waals surface area contributed by atoms with E-state index in [1.54, 1.807) is 6.92 Å². The minimum atomic E-state index is 0.336. The van der Waals surface area contributed by atoms with Crippen LogP contribution in [0.25, 0.3) is 0 Å². The monoisotopic (exact) mass is 157 g/mol. The van der Waals surface area contributed by atoms with Crippen LogP contribution in [0.4, 0.5) is 0 Å². The molecule has 4 N–H and O–H groups in total. The van der Waals surface area contributed by atoms with Crippen LogP contribution in [-0.2, 0) is 0 Å². The fourth-order valence-electron chi connectivity index (χ4n) is 0.844. The Balaban J connectivity index is 3.08. The van der Waals surface area contributed by atoms with Crippen LogP contribution in [0, 0.1) is 5.41 Å². The van der Waals surface area contributed by atoms with Crippen molar-refractivity contribution < 1.29 is 0 Å². The lowest BCUT2D eigenvalue weighted by atomic mass is 10.1. The number of nitrogens with two attached hydrogens (primary N) is 1. The van der Waals surface area contributed by atoms with Gasteiger partial charge in [0.05, 0.1) is 5.84 Å². The molecule has 0 aromatic rings. The summed E-state index contributed by atoms with van der Waals surface area (Å²) in [7, 11) is 0. The number of nitrogens with one attached hydrogen (secondary N) is 2. The number of hydrogen-bond acceptors (Lipinski definition) is 2. The van der Waals surface area contributed by atoms with Crippen LogP contribution < -0.4 is 11.1 Å². The van der Waals surface area contributed by atoms with Gasteiger partial charge in [-0.1, -0.05) is 6.92 Å². The van der Waals surface area contributed by atoms with Crippen molar-refractivity contribution in [2.24, 2.45) is 5.73 Å². The zero-order valence-corrected chi connectivity index (χ0v) is 7.48. The number of rotatable bonds is 5. The minimum absolute atomic E-state index is 0.336. The maximum Gasteiger partial charge on any atom is 0.0899 e. The molecule has 0 heterocycles. The summed E-state index contributed by atoms with van der Waals surface area (Å²) in [5, 5.41) is 10.0. The molecule has 0 aliphatic heterocycles. The standard InChI is InChI=1S/C8H19N3/c1-3-8(10)5-4-6-11-7(2)9/h8H,3-6,10H2,1-2H3,(H2,9,11)/t8-/m1/s1. The smallest absolute Gasteiger partial charge is 0.0899 e. The van der Waals surface area contributed by atoms with E-state index in [1.165, 1.54) is 0 Å². The second-order valence-corrected chi connectivity index (χ2v) is 2.86. The zero-order valence-electron chi connectivity index (χ0n) is 7.48. The molecule has 0 amide bonds. The topological polar surface area (TPSA) is 61.9 Å². The molecule has 0 aromatic heterocycles. The number of amidine groups is 1. The van der Waals surface area contributed by atoms with Crippen LogP contribution in [0.1, 0.15) is 33.1 Å². The summed E-state index contributed by atoms with van der Waals surface area (Å²) in [6, 6.07) is 0.336. The van der Waals surface area contributed by atoms with Gasteiger partial charge in [-0.15, -0.1) is 0 Å². The third-order valence-electron chi connectivity index (χ3n) is 1.67.